The third-order valence-corrected chi connectivity index (χ3v) is 3.58. The van der Waals surface area contributed by atoms with E-state index in [1.54, 1.807) is 0 Å². The minimum Gasteiger partial charge on any atom is -0.380 e. The van der Waals surface area contributed by atoms with Crippen molar-refractivity contribution in [3.05, 3.63) is 0 Å². The number of hydrogen-bond acceptors (Lipinski definition) is 3. The Kier molecular flexibility index (Phi) is 2.73. The molecular weight excluding hydrogens is 192 g/mol. The van der Waals surface area contributed by atoms with Crippen LogP contribution in [-0.2, 0) is 4.79 Å². The average Bonchev–Trinajstić information content (AvgIpc) is 2.96. The van der Waals surface area contributed by atoms with Crippen molar-refractivity contribution in [3.63, 3.8) is 0 Å². The topological polar surface area (TPSA) is 52.6 Å². The maximum Gasteiger partial charge on any atom is 0.252 e. The fourth-order valence-electron chi connectivity index (χ4n) is 2.19. The van der Waals surface area contributed by atoms with Gasteiger partial charge in [0.15, 0.2) is 0 Å². The monoisotopic (exact) mass is 212 g/mol. The van der Waals surface area contributed by atoms with Crippen LogP contribution in [0.1, 0.15) is 26.2 Å². The molecule has 1 aliphatic heterocycles. The first-order valence-corrected chi connectivity index (χ1v) is 5.74. The van der Waals surface area contributed by atoms with Crippen molar-refractivity contribution in [2.75, 3.05) is 20.1 Å². The number of nitrogens with zero attached hydrogens (tertiary/aromatic N) is 1. The van der Waals surface area contributed by atoms with E-state index in [1.807, 2.05) is 14.0 Å². The van der Waals surface area contributed by atoms with Crippen molar-refractivity contribution < 1.29 is 9.90 Å². The van der Waals surface area contributed by atoms with E-state index < -0.39 is 5.60 Å². The zero-order valence-corrected chi connectivity index (χ0v) is 9.49. The van der Waals surface area contributed by atoms with Crippen LogP contribution in [-0.4, -0.2) is 47.7 Å². The summed E-state index contributed by atoms with van der Waals surface area (Å²) in [6.45, 7) is 3.52. The van der Waals surface area contributed by atoms with Gasteiger partial charge in [-0.2, -0.15) is 0 Å². The molecule has 1 heterocycles. The molecule has 2 rings (SSSR count). The SMILES string of the molecule is C[C@@H]1CN(C)CC[C@@]1(O)C(=O)NC1CC1. The molecule has 2 fully saturated rings. The molecule has 0 aromatic carbocycles. The smallest absolute Gasteiger partial charge is 0.252 e. The second-order valence-electron chi connectivity index (χ2n) is 5.09. The first-order valence-electron chi connectivity index (χ1n) is 5.74. The lowest BCUT2D eigenvalue weighted by atomic mass is 9.81. The summed E-state index contributed by atoms with van der Waals surface area (Å²) in [5.41, 5.74) is -1.14. The van der Waals surface area contributed by atoms with Crippen molar-refractivity contribution in [2.45, 2.75) is 37.8 Å². The molecule has 2 aliphatic rings. The Morgan fingerprint density at radius 1 is 1.53 bits per heavy atom. The third-order valence-electron chi connectivity index (χ3n) is 3.58. The van der Waals surface area contributed by atoms with Crippen LogP contribution in [0.3, 0.4) is 0 Å². The summed E-state index contributed by atoms with van der Waals surface area (Å²) in [4.78, 5) is 14.1. The molecule has 1 amide bonds. The number of rotatable bonds is 2. The van der Waals surface area contributed by atoms with Crippen LogP contribution in [0.5, 0.6) is 0 Å². The van der Waals surface area contributed by atoms with Crippen LogP contribution in [0.15, 0.2) is 0 Å². The lowest BCUT2D eigenvalue weighted by molar-refractivity contribution is -0.151. The summed E-state index contributed by atoms with van der Waals surface area (Å²) in [5, 5.41) is 13.3. The molecule has 0 spiro atoms. The minimum absolute atomic E-state index is 0.00926. The number of hydrogen-bond donors (Lipinski definition) is 2. The van der Waals surface area contributed by atoms with E-state index in [0.29, 0.717) is 12.5 Å². The summed E-state index contributed by atoms with van der Waals surface area (Å²) in [6.07, 6.45) is 2.68. The van der Waals surface area contributed by atoms with Crippen LogP contribution in [0.25, 0.3) is 0 Å². The molecule has 2 atom stereocenters. The number of carbonyl (C=O) groups is 1. The predicted octanol–water partition coefficient (Wildman–Crippen LogP) is -0.0323. The van der Waals surface area contributed by atoms with E-state index in [9.17, 15) is 9.90 Å². The first-order chi connectivity index (χ1) is 7.02. The Balaban J connectivity index is 2.00. The van der Waals surface area contributed by atoms with Gasteiger partial charge in [-0.25, -0.2) is 0 Å². The molecular formula is C11H20N2O2. The zero-order chi connectivity index (χ0) is 11.1. The lowest BCUT2D eigenvalue weighted by Crippen LogP contribution is -2.58. The molecule has 4 heteroatoms. The van der Waals surface area contributed by atoms with Gasteiger partial charge in [-0.1, -0.05) is 6.92 Å². The van der Waals surface area contributed by atoms with Gasteiger partial charge < -0.3 is 15.3 Å². The minimum atomic E-state index is -1.14. The van der Waals surface area contributed by atoms with Gasteiger partial charge in [0, 0.05) is 25.0 Å². The highest BCUT2D eigenvalue weighted by Gasteiger charge is 2.45. The molecule has 1 aliphatic carbocycles. The zero-order valence-electron chi connectivity index (χ0n) is 9.49. The molecule has 1 saturated heterocycles. The quantitative estimate of drug-likeness (QED) is 0.676. The number of nitrogens with one attached hydrogen (secondary N) is 1. The fourth-order valence-corrected chi connectivity index (χ4v) is 2.19. The van der Waals surface area contributed by atoms with Crippen LogP contribution in [0.2, 0.25) is 0 Å². The highest BCUT2D eigenvalue weighted by molar-refractivity contribution is 5.85. The molecule has 0 unspecified atom stereocenters. The van der Waals surface area contributed by atoms with Gasteiger partial charge in [0.2, 0.25) is 0 Å². The Labute approximate surface area is 90.6 Å². The van der Waals surface area contributed by atoms with Gasteiger partial charge in [-0.05, 0) is 26.3 Å². The summed E-state index contributed by atoms with van der Waals surface area (Å²) >= 11 is 0. The van der Waals surface area contributed by atoms with Gasteiger partial charge in [0.25, 0.3) is 5.91 Å². The van der Waals surface area contributed by atoms with Crippen molar-refractivity contribution in [3.8, 4) is 0 Å². The van der Waals surface area contributed by atoms with Crippen molar-refractivity contribution >= 4 is 5.91 Å². The normalized spacial score (nSPS) is 37.7. The van der Waals surface area contributed by atoms with Gasteiger partial charge in [-0.15, -0.1) is 0 Å². The highest BCUT2D eigenvalue weighted by Crippen LogP contribution is 2.29. The van der Waals surface area contributed by atoms with Crippen LogP contribution < -0.4 is 5.32 Å². The Morgan fingerprint density at radius 2 is 2.20 bits per heavy atom. The third kappa shape index (κ3) is 2.16. The number of likely N-dealkylation sites (tertiary alicyclic amines) is 1. The van der Waals surface area contributed by atoms with E-state index in [1.165, 1.54) is 0 Å². The number of amides is 1. The molecule has 0 aromatic rings. The van der Waals surface area contributed by atoms with E-state index >= 15 is 0 Å². The van der Waals surface area contributed by atoms with Crippen molar-refractivity contribution in [2.24, 2.45) is 5.92 Å². The molecule has 2 N–H and O–H groups in total. The Morgan fingerprint density at radius 3 is 2.73 bits per heavy atom. The summed E-state index contributed by atoms with van der Waals surface area (Å²) in [7, 11) is 2.02. The maximum absolute atomic E-state index is 11.9. The number of carbonyl (C=O) groups excluding carboxylic acids is 1. The fraction of sp³-hybridized carbons (Fsp3) is 0.909. The van der Waals surface area contributed by atoms with E-state index in [-0.39, 0.29) is 11.8 Å². The van der Waals surface area contributed by atoms with Crippen molar-refractivity contribution in [1.29, 1.82) is 0 Å². The second kappa shape index (κ2) is 3.76. The lowest BCUT2D eigenvalue weighted by Gasteiger charge is -2.40. The molecule has 86 valence electrons. The van der Waals surface area contributed by atoms with E-state index in [4.69, 9.17) is 0 Å². The van der Waals surface area contributed by atoms with Crippen LogP contribution >= 0.6 is 0 Å². The van der Waals surface area contributed by atoms with Gasteiger partial charge in [0.1, 0.15) is 5.60 Å². The highest BCUT2D eigenvalue weighted by atomic mass is 16.3. The summed E-state index contributed by atoms with van der Waals surface area (Å²) < 4.78 is 0. The molecule has 1 saturated carbocycles. The summed E-state index contributed by atoms with van der Waals surface area (Å²) in [6, 6.07) is 0.327. The molecule has 15 heavy (non-hydrogen) atoms. The van der Waals surface area contributed by atoms with Crippen LogP contribution in [0, 0.1) is 5.92 Å². The van der Waals surface area contributed by atoms with Gasteiger partial charge in [0.05, 0.1) is 0 Å². The van der Waals surface area contributed by atoms with Gasteiger partial charge >= 0.3 is 0 Å². The molecule has 0 radical (unpaired) electrons. The van der Waals surface area contributed by atoms with E-state index in [0.717, 1.165) is 25.9 Å². The van der Waals surface area contributed by atoms with E-state index in [2.05, 4.69) is 10.2 Å². The first kappa shape index (κ1) is 10.9. The number of aliphatic hydroxyl groups is 1. The molecule has 0 aromatic heterocycles. The average molecular weight is 212 g/mol. The van der Waals surface area contributed by atoms with Crippen LogP contribution in [0.4, 0.5) is 0 Å². The summed E-state index contributed by atoms with van der Waals surface area (Å²) in [5.74, 6) is -0.152. The Hall–Kier alpha value is -0.610. The largest absolute Gasteiger partial charge is 0.380 e. The standard InChI is InChI=1S/C11H20N2O2/c1-8-7-13(2)6-5-11(8,15)10(14)12-9-3-4-9/h8-9,15H,3-7H2,1-2H3,(H,12,14)/t8-,11+/m1/s1. The molecule has 4 nitrogen and oxygen atoms in total. The second-order valence-corrected chi connectivity index (χ2v) is 5.09. The predicted molar refractivity (Wildman–Crippen MR) is 57.4 cm³/mol. The van der Waals surface area contributed by atoms with Gasteiger partial charge in [-0.3, -0.25) is 4.79 Å². The Bertz CT molecular complexity index is 265. The molecule has 0 bridgehead atoms. The van der Waals surface area contributed by atoms with Crippen molar-refractivity contribution in [1.82, 2.24) is 10.2 Å². The number of piperidine rings is 1. The maximum atomic E-state index is 11.9.